The highest BCUT2D eigenvalue weighted by Gasteiger charge is 2.26. The van der Waals surface area contributed by atoms with E-state index >= 15 is 0 Å². The van der Waals surface area contributed by atoms with Gasteiger partial charge in [0.05, 0.1) is 4.92 Å². The van der Waals surface area contributed by atoms with Gasteiger partial charge in [0.25, 0.3) is 0 Å². The standard InChI is InChI=1S/C11H11NO4/c1-2-7-6-8-4-3-5-9(12(14)15)10(8)16-11(7)13/h3-6,11,13H,2H2,1H3/t11-/m1/s1. The number of nitro groups is 1. The third-order valence-corrected chi connectivity index (χ3v) is 2.52. The molecular weight excluding hydrogens is 210 g/mol. The minimum absolute atomic E-state index is 0.122. The van der Waals surface area contributed by atoms with E-state index in [1.807, 2.05) is 6.92 Å². The zero-order valence-electron chi connectivity index (χ0n) is 8.71. The van der Waals surface area contributed by atoms with E-state index in [2.05, 4.69) is 0 Å². The summed E-state index contributed by atoms with van der Waals surface area (Å²) in [5, 5.41) is 20.4. The fourth-order valence-corrected chi connectivity index (χ4v) is 1.66. The summed E-state index contributed by atoms with van der Waals surface area (Å²) in [5.41, 5.74) is 1.23. The number of nitrogens with zero attached hydrogens (tertiary/aromatic N) is 1. The first-order chi connectivity index (χ1) is 7.63. The molecule has 0 saturated carbocycles. The number of hydrogen-bond acceptors (Lipinski definition) is 4. The van der Waals surface area contributed by atoms with Gasteiger partial charge in [0.1, 0.15) is 0 Å². The molecule has 1 aromatic rings. The van der Waals surface area contributed by atoms with Crippen LogP contribution in [0.1, 0.15) is 18.9 Å². The SMILES string of the molecule is CCC1=Cc2cccc([N+](=O)[O-])c2O[C@H]1O. The number of ether oxygens (including phenoxy) is 1. The third-order valence-electron chi connectivity index (χ3n) is 2.52. The topological polar surface area (TPSA) is 72.6 Å². The zero-order valence-corrected chi connectivity index (χ0v) is 8.71. The Morgan fingerprint density at radius 2 is 2.31 bits per heavy atom. The molecule has 16 heavy (non-hydrogen) atoms. The van der Waals surface area contributed by atoms with Gasteiger partial charge in [0.15, 0.2) is 0 Å². The molecule has 0 aromatic heterocycles. The van der Waals surface area contributed by atoms with Gasteiger partial charge in [-0.2, -0.15) is 0 Å². The van der Waals surface area contributed by atoms with Gasteiger partial charge >= 0.3 is 5.69 Å². The second-order valence-electron chi connectivity index (χ2n) is 3.50. The molecule has 1 aliphatic heterocycles. The summed E-state index contributed by atoms with van der Waals surface area (Å²) in [6, 6.07) is 4.68. The molecule has 1 aromatic carbocycles. The van der Waals surface area contributed by atoms with Crippen LogP contribution in [-0.2, 0) is 0 Å². The number of benzene rings is 1. The van der Waals surface area contributed by atoms with Crippen molar-refractivity contribution in [1.29, 1.82) is 0 Å². The summed E-state index contributed by atoms with van der Waals surface area (Å²) in [6.45, 7) is 1.89. The van der Waals surface area contributed by atoms with Gasteiger partial charge in [-0.15, -0.1) is 0 Å². The van der Waals surface area contributed by atoms with Gasteiger partial charge in [0.2, 0.25) is 12.0 Å². The van der Waals surface area contributed by atoms with Crippen molar-refractivity contribution in [1.82, 2.24) is 0 Å². The molecule has 0 saturated heterocycles. The number of hydrogen-bond donors (Lipinski definition) is 1. The van der Waals surface area contributed by atoms with Crippen molar-refractivity contribution in [2.45, 2.75) is 19.6 Å². The summed E-state index contributed by atoms with van der Waals surface area (Å²) in [5.74, 6) is 0.136. The van der Waals surface area contributed by atoms with Crippen LogP contribution < -0.4 is 4.74 Å². The first kappa shape index (κ1) is 10.6. The van der Waals surface area contributed by atoms with E-state index in [0.717, 1.165) is 0 Å². The molecule has 5 heteroatoms. The Kier molecular flexibility index (Phi) is 2.62. The quantitative estimate of drug-likeness (QED) is 0.613. The van der Waals surface area contributed by atoms with E-state index < -0.39 is 11.2 Å². The van der Waals surface area contributed by atoms with E-state index in [1.54, 1.807) is 18.2 Å². The van der Waals surface area contributed by atoms with Gasteiger partial charge in [-0.05, 0) is 18.1 Å². The molecule has 0 fully saturated rings. The highest BCUT2D eigenvalue weighted by Crippen LogP contribution is 2.37. The van der Waals surface area contributed by atoms with Crippen LogP contribution in [0.3, 0.4) is 0 Å². The maximum Gasteiger partial charge on any atom is 0.311 e. The average Bonchev–Trinajstić information content (AvgIpc) is 2.27. The molecule has 1 aliphatic rings. The fourth-order valence-electron chi connectivity index (χ4n) is 1.66. The van der Waals surface area contributed by atoms with Crippen LogP contribution in [0.15, 0.2) is 23.8 Å². The molecule has 5 nitrogen and oxygen atoms in total. The van der Waals surface area contributed by atoms with Gasteiger partial charge in [-0.3, -0.25) is 10.1 Å². The Morgan fingerprint density at radius 3 is 2.94 bits per heavy atom. The van der Waals surface area contributed by atoms with Gasteiger partial charge in [0, 0.05) is 11.6 Å². The predicted octanol–water partition coefficient (Wildman–Crippen LogP) is 2.10. The predicted molar refractivity (Wildman–Crippen MR) is 58.0 cm³/mol. The number of para-hydroxylation sites is 1. The molecule has 0 amide bonds. The number of nitro benzene ring substituents is 1. The van der Waals surface area contributed by atoms with Gasteiger partial charge < -0.3 is 9.84 Å². The highest BCUT2D eigenvalue weighted by atomic mass is 16.6. The fraction of sp³-hybridized carbons (Fsp3) is 0.273. The Morgan fingerprint density at radius 1 is 1.56 bits per heavy atom. The molecule has 0 bridgehead atoms. The van der Waals surface area contributed by atoms with Crippen LogP contribution in [-0.4, -0.2) is 16.3 Å². The number of aliphatic hydroxyl groups excluding tert-OH is 1. The van der Waals surface area contributed by atoms with Crippen LogP contribution in [0.5, 0.6) is 5.75 Å². The van der Waals surface area contributed by atoms with Crippen LogP contribution in [0.25, 0.3) is 6.08 Å². The van der Waals surface area contributed by atoms with Crippen molar-refractivity contribution in [2.75, 3.05) is 0 Å². The summed E-state index contributed by atoms with van der Waals surface area (Å²) < 4.78 is 5.17. The van der Waals surface area contributed by atoms with Crippen LogP contribution in [0, 0.1) is 10.1 Å². The molecule has 1 heterocycles. The van der Waals surface area contributed by atoms with E-state index in [9.17, 15) is 15.2 Å². The van der Waals surface area contributed by atoms with Crippen LogP contribution in [0.2, 0.25) is 0 Å². The van der Waals surface area contributed by atoms with Crippen LogP contribution >= 0.6 is 0 Å². The Labute approximate surface area is 92.1 Å². The van der Waals surface area contributed by atoms with Crippen molar-refractivity contribution in [2.24, 2.45) is 0 Å². The number of aliphatic hydroxyl groups is 1. The largest absolute Gasteiger partial charge is 0.453 e. The molecule has 84 valence electrons. The number of fused-ring (bicyclic) bond motifs is 1. The average molecular weight is 221 g/mol. The lowest BCUT2D eigenvalue weighted by molar-refractivity contribution is -0.386. The zero-order chi connectivity index (χ0) is 11.7. The lowest BCUT2D eigenvalue weighted by atomic mass is 10.0. The van der Waals surface area contributed by atoms with Crippen molar-refractivity contribution >= 4 is 11.8 Å². The maximum absolute atomic E-state index is 10.8. The lowest BCUT2D eigenvalue weighted by Crippen LogP contribution is -2.22. The summed E-state index contributed by atoms with van der Waals surface area (Å²) in [4.78, 5) is 10.2. The van der Waals surface area contributed by atoms with E-state index in [0.29, 0.717) is 17.6 Å². The summed E-state index contributed by atoms with van der Waals surface area (Å²) in [6.07, 6.45) is 1.29. The molecule has 0 radical (unpaired) electrons. The Bertz CT molecular complexity index is 467. The second kappa shape index (κ2) is 3.94. The van der Waals surface area contributed by atoms with Crippen molar-refractivity contribution in [3.63, 3.8) is 0 Å². The van der Waals surface area contributed by atoms with Gasteiger partial charge in [-0.1, -0.05) is 19.1 Å². The minimum atomic E-state index is -1.08. The van der Waals surface area contributed by atoms with E-state index in [1.165, 1.54) is 6.07 Å². The van der Waals surface area contributed by atoms with Crippen molar-refractivity contribution in [3.05, 3.63) is 39.4 Å². The van der Waals surface area contributed by atoms with Crippen molar-refractivity contribution < 1.29 is 14.8 Å². The maximum atomic E-state index is 10.8. The highest BCUT2D eigenvalue weighted by molar-refractivity contribution is 5.68. The monoisotopic (exact) mass is 221 g/mol. The normalized spacial score (nSPS) is 18.4. The van der Waals surface area contributed by atoms with E-state index in [4.69, 9.17) is 4.74 Å². The molecule has 2 rings (SSSR count). The molecule has 0 unspecified atom stereocenters. The number of rotatable bonds is 2. The minimum Gasteiger partial charge on any atom is -0.453 e. The molecular formula is C11H11NO4. The first-order valence-electron chi connectivity index (χ1n) is 4.96. The molecule has 0 aliphatic carbocycles. The smallest absolute Gasteiger partial charge is 0.311 e. The Hall–Kier alpha value is -1.88. The lowest BCUT2D eigenvalue weighted by Gasteiger charge is -2.22. The van der Waals surface area contributed by atoms with Crippen LogP contribution in [0.4, 0.5) is 5.69 Å². The molecule has 1 atom stereocenters. The summed E-state index contributed by atoms with van der Waals surface area (Å²) in [7, 11) is 0. The van der Waals surface area contributed by atoms with Gasteiger partial charge in [-0.25, -0.2) is 0 Å². The Balaban J connectivity index is 2.55. The second-order valence-corrected chi connectivity index (χ2v) is 3.50. The molecule has 0 spiro atoms. The summed E-state index contributed by atoms with van der Waals surface area (Å²) >= 11 is 0. The first-order valence-corrected chi connectivity index (χ1v) is 4.96. The van der Waals surface area contributed by atoms with Crippen molar-refractivity contribution in [3.8, 4) is 5.75 Å². The molecule has 1 N–H and O–H groups in total. The third kappa shape index (κ3) is 1.65. The van der Waals surface area contributed by atoms with E-state index in [-0.39, 0.29) is 11.4 Å².